The summed E-state index contributed by atoms with van der Waals surface area (Å²) in [6.07, 6.45) is 3.35. The molecule has 130 valence electrons. The SMILES string of the molecule is CSc1ccc(CN2C(=O)N[C@](C)(CCc3ccccc3)C2=O)cc1. The number of imide groups is 1. The van der Waals surface area contributed by atoms with Crippen molar-refractivity contribution in [2.24, 2.45) is 0 Å². The summed E-state index contributed by atoms with van der Waals surface area (Å²) in [6.45, 7) is 2.12. The maximum Gasteiger partial charge on any atom is 0.325 e. The molecule has 5 heteroatoms. The van der Waals surface area contributed by atoms with Crippen LogP contribution in [0.25, 0.3) is 0 Å². The quantitative estimate of drug-likeness (QED) is 0.633. The van der Waals surface area contributed by atoms with Crippen molar-refractivity contribution >= 4 is 23.7 Å². The Balaban J connectivity index is 1.68. The summed E-state index contributed by atoms with van der Waals surface area (Å²) in [7, 11) is 0. The van der Waals surface area contributed by atoms with Crippen LogP contribution >= 0.6 is 11.8 Å². The van der Waals surface area contributed by atoms with Gasteiger partial charge in [0, 0.05) is 4.90 Å². The van der Waals surface area contributed by atoms with Crippen LogP contribution in [0.4, 0.5) is 4.79 Å². The van der Waals surface area contributed by atoms with E-state index in [9.17, 15) is 9.59 Å². The lowest BCUT2D eigenvalue weighted by Gasteiger charge is -2.21. The van der Waals surface area contributed by atoms with E-state index in [1.54, 1.807) is 11.8 Å². The molecule has 2 aromatic carbocycles. The van der Waals surface area contributed by atoms with Gasteiger partial charge in [-0.05, 0) is 49.3 Å². The summed E-state index contributed by atoms with van der Waals surface area (Å²) >= 11 is 1.67. The summed E-state index contributed by atoms with van der Waals surface area (Å²) in [4.78, 5) is 27.6. The van der Waals surface area contributed by atoms with Crippen molar-refractivity contribution in [3.63, 3.8) is 0 Å². The van der Waals surface area contributed by atoms with Crippen LogP contribution in [0.3, 0.4) is 0 Å². The fraction of sp³-hybridized carbons (Fsp3) is 0.300. The second-order valence-electron chi connectivity index (χ2n) is 6.49. The Morgan fingerprint density at radius 1 is 1.00 bits per heavy atom. The largest absolute Gasteiger partial charge is 0.325 e. The van der Waals surface area contributed by atoms with E-state index in [0.29, 0.717) is 13.0 Å². The summed E-state index contributed by atoms with van der Waals surface area (Å²) in [5, 5.41) is 2.88. The van der Waals surface area contributed by atoms with Crippen LogP contribution in [0, 0.1) is 0 Å². The number of amides is 3. The molecule has 25 heavy (non-hydrogen) atoms. The predicted molar refractivity (Wildman–Crippen MR) is 100 cm³/mol. The van der Waals surface area contributed by atoms with E-state index in [1.165, 1.54) is 4.90 Å². The predicted octanol–water partition coefficient (Wildman–Crippen LogP) is 3.85. The van der Waals surface area contributed by atoms with E-state index in [-0.39, 0.29) is 11.9 Å². The van der Waals surface area contributed by atoms with Gasteiger partial charge in [-0.25, -0.2) is 4.79 Å². The Morgan fingerprint density at radius 3 is 2.32 bits per heavy atom. The number of nitrogens with zero attached hydrogens (tertiary/aromatic N) is 1. The van der Waals surface area contributed by atoms with Crippen LogP contribution < -0.4 is 5.32 Å². The first kappa shape index (κ1) is 17.5. The zero-order valence-electron chi connectivity index (χ0n) is 14.5. The molecule has 1 heterocycles. The molecule has 0 spiro atoms. The minimum Gasteiger partial charge on any atom is -0.323 e. The lowest BCUT2D eigenvalue weighted by Crippen LogP contribution is -2.44. The smallest absolute Gasteiger partial charge is 0.323 e. The number of rotatable bonds is 6. The average Bonchev–Trinajstić information content (AvgIpc) is 2.85. The van der Waals surface area contributed by atoms with Crippen molar-refractivity contribution in [2.75, 3.05) is 6.26 Å². The van der Waals surface area contributed by atoms with Gasteiger partial charge < -0.3 is 5.32 Å². The van der Waals surface area contributed by atoms with Gasteiger partial charge in [-0.2, -0.15) is 0 Å². The van der Waals surface area contributed by atoms with Gasteiger partial charge in [0.25, 0.3) is 5.91 Å². The lowest BCUT2D eigenvalue weighted by atomic mass is 9.93. The first-order valence-corrected chi connectivity index (χ1v) is 9.55. The molecule has 0 saturated carbocycles. The fourth-order valence-corrected chi connectivity index (χ4v) is 3.42. The summed E-state index contributed by atoms with van der Waals surface area (Å²) < 4.78 is 0. The minimum absolute atomic E-state index is 0.151. The number of nitrogens with one attached hydrogen (secondary N) is 1. The Labute approximate surface area is 152 Å². The normalized spacial score (nSPS) is 20.0. The Kier molecular flexibility index (Phi) is 5.13. The molecule has 0 unspecified atom stereocenters. The van der Waals surface area contributed by atoms with Crippen molar-refractivity contribution in [1.82, 2.24) is 10.2 Å². The van der Waals surface area contributed by atoms with Crippen LogP contribution in [-0.4, -0.2) is 28.6 Å². The van der Waals surface area contributed by atoms with Crippen molar-refractivity contribution in [3.8, 4) is 0 Å². The van der Waals surface area contributed by atoms with E-state index in [1.807, 2.05) is 67.8 Å². The third kappa shape index (κ3) is 3.87. The molecule has 0 bridgehead atoms. The molecule has 3 amide bonds. The average molecular weight is 354 g/mol. The van der Waals surface area contributed by atoms with Gasteiger partial charge in [-0.3, -0.25) is 9.69 Å². The first-order valence-electron chi connectivity index (χ1n) is 8.33. The third-order valence-corrected chi connectivity index (χ3v) is 5.34. The molecule has 1 N–H and O–H groups in total. The van der Waals surface area contributed by atoms with Gasteiger partial charge in [-0.1, -0.05) is 42.5 Å². The van der Waals surface area contributed by atoms with Crippen molar-refractivity contribution in [2.45, 2.75) is 36.7 Å². The van der Waals surface area contributed by atoms with Crippen LogP contribution in [0.1, 0.15) is 24.5 Å². The molecule has 1 aliphatic rings. The lowest BCUT2D eigenvalue weighted by molar-refractivity contribution is -0.131. The highest BCUT2D eigenvalue weighted by molar-refractivity contribution is 7.98. The highest BCUT2D eigenvalue weighted by Gasteiger charge is 2.47. The maximum atomic E-state index is 12.8. The van der Waals surface area contributed by atoms with Crippen molar-refractivity contribution in [1.29, 1.82) is 0 Å². The Morgan fingerprint density at radius 2 is 1.68 bits per heavy atom. The van der Waals surface area contributed by atoms with Gasteiger partial charge in [0.15, 0.2) is 0 Å². The van der Waals surface area contributed by atoms with Gasteiger partial charge in [0.2, 0.25) is 0 Å². The maximum absolute atomic E-state index is 12.8. The number of thioether (sulfide) groups is 1. The molecule has 0 aromatic heterocycles. The van der Waals surface area contributed by atoms with E-state index >= 15 is 0 Å². The standard InChI is InChI=1S/C20H22N2O2S/c1-20(13-12-15-6-4-3-5-7-15)18(23)22(19(24)21-20)14-16-8-10-17(25-2)11-9-16/h3-11H,12-14H2,1-2H3,(H,21,24)/t20-/m1/s1. The molecule has 1 atom stereocenters. The Bertz CT molecular complexity index is 761. The summed E-state index contributed by atoms with van der Waals surface area (Å²) in [5.41, 5.74) is 1.28. The molecular formula is C20H22N2O2S. The highest BCUT2D eigenvalue weighted by Crippen LogP contribution is 2.25. The monoisotopic (exact) mass is 354 g/mol. The van der Waals surface area contributed by atoms with E-state index in [4.69, 9.17) is 0 Å². The molecule has 0 radical (unpaired) electrons. The fourth-order valence-electron chi connectivity index (χ4n) is 3.01. The van der Waals surface area contributed by atoms with Gasteiger partial charge in [0.1, 0.15) is 5.54 Å². The number of benzene rings is 2. The Hall–Kier alpha value is -2.27. The molecule has 4 nitrogen and oxygen atoms in total. The first-order chi connectivity index (χ1) is 12.0. The highest BCUT2D eigenvalue weighted by atomic mass is 32.2. The van der Waals surface area contributed by atoms with Crippen LogP contribution in [0.15, 0.2) is 59.5 Å². The molecule has 2 aromatic rings. The van der Waals surface area contributed by atoms with Gasteiger partial charge in [-0.15, -0.1) is 11.8 Å². The van der Waals surface area contributed by atoms with E-state index in [2.05, 4.69) is 5.32 Å². The zero-order chi connectivity index (χ0) is 17.9. The molecule has 1 saturated heterocycles. The molecule has 1 fully saturated rings. The molecule has 3 rings (SSSR count). The minimum atomic E-state index is -0.841. The third-order valence-electron chi connectivity index (χ3n) is 4.60. The second kappa shape index (κ2) is 7.31. The molecular weight excluding hydrogens is 332 g/mol. The van der Waals surface area contributed by atoms with Crippen molar-refractivity contribution in [3.05, 3.63) is 65.7 Å². The van der Waals surface area contributed by atoms with Crippen LogP contribution in [0.2, 0.25) is 0 Å². The van der Waals surface area contributed by atoms with Crippen LogP contribution in [-0.2, 0) is 17.8 Å². The second-order valence-corrected chi connectivity index (χ2v) is 7.37. The van der Waals surface area contributed by atoms with E-state index < -0.39 is 5.54 Å². The van der Waals surface area contributed by atoms with Crippen molar-refractivity contribution < 1.29 is 9.59 Å². The number of hydrogen-bond donors (Lipinski definition) is 1. The topological polar surface area (TPSA) is 49.4 Å². The molecule has 0 aliphatic carbocycles. The summed E-state index contributed by atoms with van der Waals surface area (Å²) in [5.74, 6) is -0.151. The number of urea groups is 1. The number of hydrogen-bond acceptors (Lipinski definition) is 3. The zero-order valence-corrected chi connectivity index (χ0v) is 15.3. The molecule has 1 aliphatic heterocycles. The number of aryl methyl sites for hydroxylation is 1. The number of carbonyl (C=O) groups excluding carboxylic acids is 2. The van der Waals surface area contributed by atoms with Gasteiger partial charge in [0.05, 0.1) is 6.54 Å². The van der Waals surface area contributed by atoms with E-state index in [0.717, 1.165) is 22.4 Å². The van der Waals surface area contributed by atoms with Gasteiger partial charge >= 0.3 is 6.03 Å². The van der Waals surface area contributed by atoms with Crippen LogP contribution in [0.5, 0.6) is 0 Å². The number of carbonyl (C=O) groups is 2. The summed E-state index contributed by atoms with van der Waals surface area (Å²) in [6, 6.07) is 17.6.